The molecule has 0 fully saturated rings. The van der Waals surface area contributed by atoms with Crippen molar-refractivity contribution in [3.8, 4) is 0 Å². The molecule has 2 heterocycles. The van der Waals surface area contributed by atoms with Crippen molar-refractivity contribution in [3.05, 3.63) is 35.2 Å². The molecule has 4 nitrogen and oxygen atoms in total. The lowest BCUT2D eigenvalue weighted by Gasteiger charge is -2.05. The summed E-state index contributed by atoms with van der Waals surface area (Å²) in [6.07, 6.45) is 1.67. The number of aromatic nitrogens is 3. The monoisotopic (exact) mass is 250 g/mol. The minimum atomic E-state index is 0.415. The van der Waals surface area contributed by atoms with E-state index in [-0.39, 0.29) is 0 Å². The first kappa shape index (κ1) is 11.9. The summed E-state index contributed by atoms with van der Waals surface area (Å²) < 4.78 is 1.82. The predicted molar refractivity (Wildman–Crippen MR) is 69.8 cm³/mol. The molecule has 2 aromatic heterocycles. The third-order valence-corrected chi connectivity index (χ3v) is 2.70. The Hall–Kier alpha value is -1.55. The summed E-state index contributed by atoms with van der Waals surface area (Å²) in [6.45, 7) is 4.24. The van der Waals surface area contributed by atoms with Crippen LogP contribution >= 0.6 is 11.6 Å². The van der Waals surface area contributed by atoms with Crippen molar-refractivity contribution >= 4 is 23.1 Å². The van der Waals surface area contributed by atoms with E-state index in [2.05, 4.69) is 29.2 Å². The van der Waals surface area contributed by atoms with Gasteiger partial charge in [0.25, 0.3) is 0 Å². The van der Waals surface area contributed by atoms with Crippen molar-refractivity contribution in [2.45, 2.75) is 19.8 Å². The molecule has 0 radical (unpaired) electrons. The maximum absolute atomic E-state index is 5.83. The van der Waals surface area contributed by atoms with E-state index < -0.39 is 0 Å². The largest absolute Gasteiger partial charge is 0.340 e. The number of anilines is 2. The maximum Gasteiger partial charge on any atom is 0.131 e. The van der Waals surface area contributed by atoms with Crippen molar-refractivity contribution in [3.63, 3.8) is 0 Å². The Morgan fingerprint density at radius 1 is 1.35 bits per heavy atom. The van der Waals surface area contributed by atoms with E-state index >= 15 is 0 Å². The highest BCUT2D eigenvalue weighted by molar-refractivity contribution is 6.29. The number of aryl methyl sites for hydroxylation is 1. The molecule has 2 rings (SSSR count). The van der Waals surface area contributed by atoms with Gasteiger partial charge in [-0.25, -0.2) is 4.98 Å². The van der Waals surface area contributed by atoms with Crippen molar-refractivity contribution < 1.29 is 0 Å². The van der Waals surface area contributed by atoms with Crippen LogP contribution in [0.1, 0.15) is 25.5 Å². The molecule has 5 heteroatoms. The number of rotatable bonds is 3. The van der Waals surface area contributed by atoms with Crippen LogP contribution in [0.15, 0.2) is 24.4 Å². The highest BCUT2D eigenvalue weighted by atomic mass is 35.5. The van der Waals surface area contributed by atoms with Crippen LogP contribution in [0.5, 0.6) is 0 Å². The Bertz CT molecular complexity index is 519. The van der Waals surface area contributed by atoms with Crippen molar-refractivity contribution in [1.29, 1.82) is 0 Å². The lowest BCUT2D eigenvalue weighted by molar-refractivity contribution is 0.718. The molecule has 0 saturated heterocycles. The van der Waals surface area contributed by atoms with E-state index in [0.29, 0.717) is 11.1 Å². The smallest absolute Gasteiger partial charge is 0.131 e. The van der Waals surface area contributed by atoms with Crippen LogP contribution in [0.3, 0.4) is 0 Å². The number of nitrogens with one attached hydrogen (secondary N) is 1. The molecule has 1 N–H and O–H groups in total. The summed E-state index contributed by atoms with van der Waals surface area (Å²) in [7, 11) is 1.91. The third kappa shape index (κ3) is 2.77. The summed E-state index contributed by atoms with van der Waals surface area (Å²) >= 11 is 5.83. The predicted octanol–water partition coefficient (Wildman–Crippen LogP) is 3.34. The first-order chi connectivity index (χ1) is 8.06. The van der Waals surface area contributed by atoms with Crippen LogP contribution < -0.4 is 5.32 Å². The van der Waals surface area contributed by atoms with Gasteiger partial charge in [-0.3, -0.25) is 4.68 Å². The van der Waals surface area contributed by atoms with Gasteiger partial charge in [-0.2, -0.15) is 5.10 Å². The van der Waals surface area contributed by atoms with Crippen LogP contribution in [0, 0.1) is 0 Å². The molecule has 0 bridgehead atoms. The molecule has 17 heavy (non-hydrogen) atoms. The average Bonchev–Trinajstić information content (AvgIpc) is 2.61. The van der Waals surface area contributed by atoms with Crippen LogP contribution in [0.2, 0.25) is 5.15 Å². The van der Waals surface area contributed by atoms with Gasteiger partial charge >= 0.3 is 0 Å². The Morgan fingerprint density at radius 2 is 2.12 bits per heavy atom. The molecule has 0 amide bonds. The lowest BCUT2D eigenvalue weighted by Crippen LogP contribution is -1.99. The van der Waals surface area contributed by atoms with Crippen LogP contribution in [0.4, 0.5) is 11.5 Å². The van der Waals surface area contributed by atoms with E-state index in [0.717, 1.165) is 17.2 Å². The van der Waals surface area contributed by atoms with Crippen molar-refractivity contribution in [2.75, 3.05) is 5.32 Å². The van der Waals surface area contributed by atoms with Gasteiger partial charge in [0.1, 0.15) is 11.0 Å². The first-order valence-corrected chi connectivity index (χ1v) is 5.86. The van der Waals surface area contributed by atoms with Gasteiger partial charge in [-0.05, 0) is 18.1 Å². The molecule has 0 unspecified atom stereocenters. The number of hydrogen-bond donors (Lipinski definition) is 1. The van der Waals surface area contributed by atoms with E-state index in [9.17, 15) is 0 Å². The van der Waals surface area contributed by atoms with Gasteiger partial charge in [0, 0.05) is 25.0 Å². The Morgan fingerprint density at radius 3 is 2.71 bits per heavy atom. The van der Waals surface area contributed by atoms with E-state index in [1.807, 2.05) is 23.9 Å². The average molecular weight is 251 g/mol. The Labute approximate surface area is 106 Å². The lowest BCUT2D eigenvalue weighted by atomic mass is 10.1. The van der Waals surface area contributed by atoms with Gasteiger partial charge in [0.05, 0.1) is 5.69 Å². The number of pyridine rings is 1. The number of hydrogen-bond acceptors (Lipinski definition) is 3. The minimum Gasteiger partial charge on any atom is -0.340 e. The summed E-state index contributed by atoms with van der Waals surface area (Å²) in [6, 6.07) is 5.69. The number of nitrogens with zero attached hydrogens (tertiary/aromatic N) is 3. The zero-order valence-corrected chi connectivity index (χ0v) is 10.9. The fraction of sp³-hybridized carbons (Fsp3) is 0.333. The topological polar surface area (TPSA) is 42.7 Å². The van der Waals surface area contributed by atoms with Crippen LogP contribution in [0.25, 0.3) is 0 Å². The van der Waals surface area contributed by atoms with Crippen LogP contribution in [-0.4, -0.2) is 14.8 Å². The Balaban J connectivity index is 2.24. The molecule has 0 spiro atoms. The van der Waals surface area contributed by atoms with Crippen LogP contribution in [-0.2, 0) is 7.05 Å². The van der Waals surface area contributed by atoms with Gasteiger partial charge in [0.15, 0.2) is 0 Å². The maximum atomic E-state index is 5.83. The Kier molecular flexibility index (Phi) is 3.33. The highest BCUT2D eigenvalue weighted by Crippen LogP contribution is 2.21. The zero-order valence-electron chi connectivity index (χ0n) is 10.1. The molecule has 90 valence electrons. The van der Waals surface area contributed by atoms with Gasteiger partial charge < -0.3 is 5.32 Å². The van der Waals surface area contributed by atoms with Crippen molar-refractivity contribution in [1.82, 2.24) is 14.8 Å². The summed E-state index contributed by atoms with van der Waals surface area (Å²) in [4.78, 5) is 3.94. The molecule has 0 atom stereocenters. The van der Waals surface area contributed by atoms with Crippen molar-refractivity contribution in [2.24, 2.45) is 7.05 Å². The second kappa shape index (κ2) is 4.75. The molecular weight excluding hydrogens is 236 g/mol. The fourth-order valence-electron chi connectivity index (χ4n) is 1.52. The minimum absolute atomic E-state index is 0.415. The molecule has 0 aromatic carbocycles. The zero-order chi connectivity index (χ0) is 12.4. The summed E-state index contributed by atoms with van der Waals surface area (Å²) in [5.41, 5.74) is 1.97. The number of halogens is 1. The highest BCUT2D eigenvalue weighted by Gasteiger charge is 2.08. The standard InChI is InChI=1S/C12H15ClN4/c1-8(2)10-7-12(17(3)16-10)15-9-4-5-14-11(13)6-9/h4-8H,1-3H3,(H,14,15). The normalized spacial score (nSPS) is 10.9. The third-order valence-electron chi connectivity index (χ3n) is 2.49. The van der Waals surface area contributed by atoms with E-state index in [1.54, 1.807) is 12.3 Å². The van der Waals surface area contributed by atoms with E-state index in [4.69, 9.17) is 11.6 Å². The fourth-order valence-corrected chi connectivity index (χ4v) is 1.69. The van der Waals surface area contributed by atoms with E-state index in [1.165, 1.54) is 0 Å². The molecule has 0 aliphatic carbocycles. The summed E-state index contributed by atoms with van der Waals surface area (Å²) in [5, 5.41) is 8.17. The van der Waals surface area contributed by atoms with Gasteiger partial charge in [-0.15, -0.1) is 0 Å². The molecule has 0 aliphatic heterocycles. The van der Waals surface area contributed by atoms with Gasteiger partial charge in [0.2, 0.25) is 0 Å². The second-order valence-corrected chi connectivity index (χ2v) is 4.61. The SMILES string of the molecule is CC(C)c1cc(Nc2ccnc(Cl)c2)n(C)n1. The molecule has 2 aromatic rings. The van der Waals surface area contributed by atoms with Gasteiger partial charge in [-0.1, -0.05) is 25.4 Å². The quantitative estimate of drug-likeness (QED) is 0.850. The molecular formula is C12H15ClN4. The summed E-state index contributed by atoms with van der Waals surface area (Å²) in [5.74, 6) is 1.36. The molecule has 0 aliphatic rings. The second-order valence-electron chi connectivity index (χ2n) is 4.22. The molecule has 0 saturated carbocycles. The first-order valence-electron chi connectivity index (χ1n) is 5.49.